The molecule has 1 aromatic heterocycles. The second-order valence-electron chi connectivity index (χ2n) is 8.40. The highest BCUT2D eigenvalue weighted by Crippen LogP contribution is 2.38. The van der Waals surface area contributed by atoms with Crippen LogP contribution in [0.5, 0.6) is 11.5 Å². The van der Waals surface area contributed by atoms with E-state index in [0.29, 0.717) is 50.5 Å². The second kappa shape index (κ2) is 11.0. The fraction of sp³-hybridized carbons (Fsp3) is 0.480. The summed E-state index contributed by atoms with van der Waals surface area (Å²) in [5, 5.41) is 8.39. The number of ether oxygens (including phenoxy) is 3. The zero-order chi connectivity index (χ0) is 24.1. The van der Waals surface area contributed by atoms with E-state index in [1.165, 1.54) is 0 Å². The maximum atomic E-state index is 13.4. The van der Waals surface area contributed by atoms with Gasteiger partial charge < -0.3 is 14.2 Å². The maximum absolute atomic E-state index is 13.4. The molecule has 182 valence electrons. The Labute approximate surface area is 204 Å². The van der Waals surface area contributed by atoms with E-state index in [2.05, 4.69) is 4.90 Å². The van der Waals surface area contributed by atoms with Crippen LogP contribution in [0.15, 0.2) is 40.8 Å². The topological polar surface area (TPSA) is 80.7 Å². The number of methoxy groups -OCH3 is 2. The van der Waals surface area contributed by atoms with Gasteiger partial charge in [0.05, 0.1) is 49.9 Å². The third-order valence-electron chi connectivity index (χ3n) is 6.33. The van der Waals surface area contributed by atoms with E-state index >= 15 is 0 Å². The molecule has 2 aromatic rings. The Balaban J connectivity index is 1.50. The number of thiophene rings is 1. The van der Waals surface area contributed by atoms with Gasteiger partial charge in [0.15, 0.2) is 11.5 Å². The van der Waals surface area contributed by atoms with Crippen molar-refractivity contribution in [2.24, 2.45) is 11.0 Å². The lowest BCUT2D eigenvalue weighted by molar-refractivity contribution is -0.149. The highest BCUT2D eigenvalue weighted by molar-refractivity contribution is 7.12. The average molecular weight is 486 g/mol. The lowest BCUT2D eigenvalue weighted by Crippen LogP contribution is -2.43. The van der Waals surface area contributed by atoms with Gasteiger partial charge in [0.2, 0.25) is 0 Å². The van der Waals surface area contributed by atoms with Gasteiger partial charge in [-0.2, -0.15) is 5.10 Å². The Bertz CT molecular complexity index is 1030. The SMILES string of the molecule is CCOC(=O)C1CCN(CC(=O)N2N=C(c3cccs3)CC2c2ccc(OC)c(OC)c2)CC1. The summed E-state index contributed by atoms with van der Waals surface area (Å²) in [4.78, 5) is 28.6. The quantitative estimate of drug-likeness (QED) is 0.530. The van der Waals surface area contributed by atoms with Crippen molar-refractivity contribution in [3.8, 4) is 11.5 Å². The summed E-state index contributed by atoms with van der Waals surface area (Å²) in [6.45, 7) is 3.86. The molecule has 8 nitrogen and oxygen atoms in total. The van der Waals surface area contributed by atoms with Crippen molar-refractivity contribution in [1.29, 1.82) is 0 Å². The number of nitrogens with zero attached hydrogens (tertiary/aromatic N) is 3. The molecule has 1 unspecified atom stereocenters. The van der Waals surface area contributed by atoms with Crippen molar-refractivity contribution in [1.82, 2.24) is 9.91 Å². The first-order valence-electron chi connectivity index (χ1n) is 11.6. The highest BCUT2D eigenvalue weighted by atomic mass is 32.1. The fourth-order valence-electron chi connectivity index (χ4n) is 4.50. The molecule has 2 aliphatic heterocycles. The van der Waals surface area contributed by atoms with Crippen molar-refractivity contribution in [3.05, 3.63) is 46.2 Å². The number of carbonyl (C=O) groups is 2. The maximum Gasteiger partial charge on any atom is 0.309 e. The molecule has 0 bridgehead atoms. The van der Waals surface area contributed by atoms with E-state index in [1.54, 1.807) is 30.6 Å². The molecule has 9 heteroatoms. The number of hydrazone groups is 1. The molecule has 1 atom stereocenters. The molecule has 0 saturated carbocycles. The number of piperidine rings is 1. The van der Waals surface area contributed by atoms with Crippen LogP contribution in [0.3, 0.4) is 0 Å². The van der Waals surface area contributed by atoms with Crippen LogP contribution in [0.4, 0.5) is 0 Å². The van der Waals surface area contributed by atoms with Crippen LogP contribution in [-0.4, -0.2) is 68.0 Å². The van der Waals surface area contributed by atoms with Crippen LogP contribution in [0, 0.1) is 5.92 Å². The summed E-state index contributed by atoms with van der Waals surface area (Å²) >= 11 is 1.62. The molecular weight excluding hydrogens is 454 g/mol. The third-order valence-corrected chi connectivity index (χ3v) is 7.25. The predicted octanol–water partition coefficient (Wildman–Crippen LogP) is 3.72. The number of carbonyl (C=O) groups excluding carboxylic acids is 2. The minimum Gasteiger partial charge on any atom is -0.493 e. The van der Waals surface area contributed by atoms with E-state index < -0.39 is 0 Å². The van der Waals surface area contributed by atoms with Crippen LogP contribution in [0.25, 0.3) is 0 Å². The summed E-state index contributed by atoms with van der Waals surface area (Å²) in [6.07, 6.45) is 2.04. The predicted molar refractivity (Wildman–Crippen MR) is 130 cm³/mol. The molecular formula is C25H31N3O5S. The molecule has 2 aliphatic rings. The van der Waals surface area contributed by atoms with Gasteiger partial charge in [-0.25, -0.2) is 5.01 Å². The number of amides is 1. The monoisotopic (exact) mass is 485 g/mol. The Morgan fingerprint density at radius 3 is 2.53 bits per heavy atom. The van der Waals surface area contributed by atoms with Gasteiger partial charge in [-0.3, -0.25) is 14.5 Å². The molecule has 0 N–H and O–H groups in total. The molecule has 1 amide bonds. The Kier molecular flexibility index (Phi) is 7.84. The van der Waals surface area contributed by atoms with E-state index in [0.717, 1.165) is 16.2 Å². The van der Waals surface area contributed by atoms with Gasteiger partial charge in [-0.05, 0) is 62.0 Å². The Morgan fingerprint density at radius 2 is 1.88 bits per heavy atom. The second-order valence-corrected chi connectivity index (χ2v) is 9.35. The molecule has 0 radical (unpaired) electrons. The van der Waals surface area contributed by atoms with Crippen LogP contribution in [-0.2, 0) is 14.3 Å². The largest absolute Gasteiger partial charge is 0.493 e. The minimum absolute atomic E-state index is 0.0547. The first kappa shape index (κ1) is 24.2. The van der Waals surface area contributed by atoms with Crippen molar-refractivity contribution in [3.63, 3.8) is 0 Å². The number of benzene rings is 1. The van der Waals surface area contributed by atoms with Gasteiger partial charge >= 0.3 is 5.97 Å². The van der Waals surface area contributed by atoms with E-state index in [9.17, 15) is 9.59 Å². The summed E-state index contributed by atoms with van der Waals surface area (Å²) in [6, 6.07) is 9.54. The molecule has 1 aromatic carbocycles. The summed E-state index contributed by atoms with van der Waals surface area (Å²) in [5.41, 5.74) is 1.85. The van der Waals surface area contributed by atoms with Crippen LogP contribution >= 0.6 is 11.3 Å². The normalized spacial score (nSPS) is 19.1. The first-order chi connectivity index (χ1) is 16.5. The molecule has 1 fully saturated rings. The molecule has 1 saturated heterocycles. The number of hydrogen-bond donors (Lipinski definition) is 0. The van der Waals surface area contributed by atoms with Crippen molar-refractivity contribution in [2.75, 3.05) is 40.5 Å². The van der Waals surface area contributed by atoms with Gasteiger partial charge in [-0.15, -0.1) is 11.3 Å². The molecule has 3 heterocycles. The minimum atomic E-state index is -0.221. The molecule has 0 aliphatic carbocycles. The number of likely N-dealkylation sites (tertiary alicyclic amines) is 1. The summed E-state index contributed by atoms with van der Waals surface area (Å²) in [5.74, 6) is 0.998. The van der Waals surface area contributed by atoms with E-state index in [1.807, 2.05) is 42.6 Å². The van der Waals surface area contributed by atoms with Crippen LogP contribution in [0.1, 0.15) is 42.7 Å². The standard InChI is InChI=1S/C25H31N3O5S/c1-4-33-25(30)17-9-11-27(12-10-17)16-24(29)28-20(15-19(26-28)23-6-5-13-34-23)18-7-8-21(31-2)22(14-18)32-3/h5-8,13-14,17,20H,4,9-12,15-16H2,1-3H3. The van der Waals surface area contributed by atoms with Gasteiger partial charge in [-0.1, -0.05) is 12.1 Å². The van der Waals surface area contributed by atoms with E-state index in [-0.39, 0.29) is 30.4 Å². The summed E-state index contributed by atoms with van der Waals surface area (Å²) in [7, 11) is 3.21. The van der Waals surface area contributed by atoms with Gasteiger partial charge in [0.1, 0.15) is 0 Å². The first-order valence-corrected chi connectivity index (χ1v) is 12.5. The molecule has 34 heavy (non-hydrogen) atoms. The lowest BCUT2D eigenvalue weighted by Gasteiger charge is -2.32. The lowest BCUT2D eigenvalue weighted by atomic mass is 9.97. The van der Waals surface area contributed by atoms with Crippen molar-refractivity contribution < 1.29 is 23.8 Å². The number of rotatable bonds is 8. The van der Waals surface area contributed by atoms with Crippen LogP contribution < -0.4 is 9.47 Å². The third kappa shape index (κ3) is 5.26. The smallest absolute Gasteiger partial charge is 0.309 e. The van der Waals surface area contributed by atoms with Gasteiger partial charge in [0.25, 0.3) is 5.91 Å². The highest BCUT2D eigenvalue weighted by Gasteiger charge is 2.35. The summed E-state index contributed by atoms with van der Waals surface area (Å²) < 4.78 is 16.0. The zero-order valence-corrected chi connectivity index (χ0v) is 20.7. The molecule has 4 rings (SSSR count). The Hall–Kier alpha value is -2.91. The van der Waals surface area contributed by atoms with Gasteiger partial charge in [0, 0.05) is 6.42 Å². The zero-order valence-electron chi connectivity index (χ0n) is 19.9. The average Bonchev–Trinajstić information content (AvgIpc) is 3.54. The molecule has 0 spiro atoms. The Morgan fingerprint density at radius 1 is 1.12 bits per heavy atom. The van der Waals surface area contributed by atoms with Crippen LogP contribution in [0.2, 0.25) is 0 Å². The van der Waals surface area contributed by atoms with Crippen molar-refractivity contribution >= 4 is 28.9 Å². The fourth-order valence-corrected chi connectivity index (χ4v) is 5.22. The van der Waals surface area contributed by atoms with E-state index in [4.69, 9.17) is 19.3 Å². The van der Waals surface area contributed by atoms with Crippen molar-refractivity contribution in [2.45, 2.75) is 32.2 Å². The number of esters is 1. The number of hydrogen-bond acceptors (Lipinski definition) is 8.